The molecule has 1 aliphatic heterocycles. The maximum atomic E-state index is 6.24. The lowest BCUT2D eigenvalue weighted by Gasteiger charge is -2.16. The van der Waals surface area contributed by atoms with E-state index >= 15 is 0 Å². The summed E-state index contributed by atoms with van der Waals surface area (Å²) in [7, 11) is 0. The van der Waals surface area contributed by atoms with Crippen LogP contribution in [0.2, 0.25) is 0 Å². The molecule has 132 valence electrons. The summed E-state index contributed by atoms with van der Waals surface area (Å²) in [6, 6.07) is 18.0. The Morgan fingerprint density at radius 2 is 2.00 bits per heavy atom. The first-order chi connectivity index (χ1) is 12.8. The fraction of sp³-hybridized carbons (Fsp3) is 0.182. The Morgan fingerprint density at radius 3 is 2.85 bits per heavy atom. The van der Waals surface area contributed by atoms with E-state index in [1.165, 1.54) is 0 Å². The average Bonchev–Trinajstić information content (AvgIpc) is 3.13. The number of nitrogens with one attached hydrogen (secondary N) is 1. The van der Waals surface area contributed by atoms with Crippen LogP contribution in [0.4, 0.5) is 5.69 Å². The Labute approximate surface area is 153 Å². The van der Waals surface area contributed by atoms with Crippen LogP contribution in [0.5, 0.6) is 11.5 Å². The van der Waals surface area contributed by atoms with E-state index < -0.39 is 0 Å². The van der Waals surface area contributed by atoms with Gasteiger partial charge in [-0.1, -0.05) is 25.1 Å². The Bertz CT molecular complexity index is 900. The van der Waals surface area contributed by atoms with Crippen molar-refractivity contribution in [3.05, 3.63) is 72.7 Å². The smallest absolute Gasteiger partial charge is 0.189 e. The first-order valence-corrected chi connectivity index (χ1v) is 8.84. The van der Waals surface area contributed by atoms with Crippen LogP contribution in [0.15, 0.2) is 71.4 Å². The van der Waals surface area contributed by atoms with Crippen molar-refractivity contribution in [2.24, 2.45) is 0 Å². The number of furan rings is 1. The molecule has 0 fully saturated rings. The van der Waals surface area contributed by atoms with Gasteiger partial charge in [0.25, 0.3) is 0 Å². The van der Waals surface area contributed by atoms with Crippen LogP contribution < -0.4 is 14.8 Å². The van der Waals surface area contributed by atoms with Crippen molar-refractivity contribution in [1.29, 1.82) is 0 Å². The Hall–Kier alpha value is -3.14. The molecule has 4 rings (SSSR count). The first-order valence-electron chi connectivity index (χ1n) is 8.84. The van der Waals surface area contributed by atoms with Gasteiger partial charge in [0.2, 0.25) is 0 Å². The third-order valence-corrected chi connectivity index (χ3v) is 4.17. The number of rotatable bonds is 5. The van der Waals surface area contributed by atoms with Crippen LogP contribution in [0, 0.1) is 0 Å². The zero-order chi connectivity index (χ0) is 17.8. The van der Waals surface area contributed by atoms with Gasteiger partial charge < -0.3 is 19.2 Å². The molecule has 4 heteroatoms. The molecule has 0 bridgehead atoms. The molecule has 1 N–H and O–H groups in total. The molecule has 0 radical (unpaired) electrons. The largest absolute Gasteiger partial charge is 0.493 e. The van der Waals surface area contributed by atoms with Gasteiger partial charge in [-0.05, 0) is 48.9 Å². The number of hydrogen-bond donors (Lipinski definition) is 1. The number of ether oxygens (including phenoxy) is 2. The van der Waals surface area contributed by atoms with Crippen molar-refractivity contribution in [3.8, 4) is 22.6 Å². The minimum absolute atomic E-state index is 0.316. The molecule has 1 atom stereocenters. The van der Waals surface area contributed by atoms with E-state index in [4.69, 9.17) is 13.9 Å². The second kappa shape index (κ2) is 7.40. The molecular weight excluding hydrogens is 326 g/mol. The number of anilines is 1. The number of fused-ring (bicyclic) bond motifs is 3. The van der Waals surface area contributed by atoms with Gasteiger partial charge in [0.1, 0.15) is 17.3 Å². The van der Waals surface area contributed by atoms with Gasteiger partial charge in [0.05, 0.1) is 12.9 Å². The van der Waals surface area contributed by atoms with E-state index in [2.05, 4.69) is 30.4 Å². The summed E-state index contributed by atoms with van der Waals surface area (Å²) in [5, 5.41) is 3.44. The molecule has 0 spiro atoms. The summed E-state index contributed by atoms with van der Waals surface area (Å²) in [5.74, 6) is 2.40. The topological polar surface area (TPSA) is 43.6 Å². The lowest BCUT2D eigenvalue weighted by atomic mass is 10.0. The maximum Gasteiger partial charge on any atom is 0.189 e. The normalized spacial score (nSPS) is 15.5. The summed E-state index contributed by atoms with van der Waals surface area (Å²) < 4.78 is 17.4. The van der Waals surface area contributed by atoms with Crippen LogP contribution in [-0.4, -0.2) is 12.8 Å². The molecule has 1 aromatic heterocycles. The highest BCUT2D eigenvalue weighted by Gasteiger charge is 2.20. The molecule has 0 saturated carbocycles. The molecule has 3 aromatic rings. The number of hydrogen-bond acceptors (Lipinski definition) is 4. The molecular formula is C22H21NO3. The van der Waals surface area contributed by atoms with Crippen molar-refractivity contribution in [3.63, 3.8) is 0 Å². The lowest BCUT2D eigenvalue weighted by Crippen LogP contribution is -2.22. The van der Waals surface area contributed by atoms with Crippen molar-refractivity contribution < 1.29 is 13.9 Å². The lowest BCUT2D eigenvalue weighted by molar-refractivity contribution is 0.276. The average molecular weight is 347 g/mol. The SMILES string of the molecule is CCCOc1ccc2c(c1)OC(/C=C/c1ccco1)Nc1ccccc1-2. The Balaban J connectivity index is 1.70. The first kappa shape index (κ1) is 16.3. The molecule has 4 nitrogen and oxygen atoms in total. The van der Waals surface area contributed by atoms with Crippen molar-refractivity contribution in [1.82, 2.24) is 0 Å². The fourth-order valence-electron chi connectivity index (χ4n) is 2.95. The Morgan fingerprint density at radius 1 is 1.08 bits per heavy atom. The molecule has 2 heterocycles. The van der Waals surface area contributed by atoms with E-state index in [0.29, 0.717) is 6.61 Å². The van der Waals surface area contributed by atoms with E-state index in [9.17, 15) is 0 Å². The molecule has 1 aliphatic rings. The standard InChI is InChI=1S/C22H21NO3/c1-2-13-24-17-9-11-19-18-7-3-4-8-20(18)23-22(26-21(19)15-17)12-10-16-6-5-14-25-16/h3-12,14-15,22-23H,2,13H2,1H3/b12-10+. The molecule has 0 saturated heterocycles. The summed E-state index contributed by atoms with van der Waals surface area (Å²) in [6.45, 7) is 2.78. The predicted molar refractivity (Wildman–Crippen MR) is 103 cm³/mol. The Kier molecular flexibility index (Phi) is 4.65. The van der Waals surface area contributed by atoms with E-state index in [1.807, 2.05) is 48.6 Å². The van der Waals surface area contributed by atoms with Crippen molar-refractivity contribution >= 4 is 11.8 Å². The highest BCUT2D eigenvalue weighted by Crippen LogP contribution is 2.40. The summed E-state index contributed by atoms with van der Waals surface area (Å²) in [5.41, 5.74) is 3.19. The van der Waals surface area contributed by atoms with Gasteiger partial charge in [-0.15, -0.1) is 0 Å². The summed E-state index contributed by atoms with van der Waals surface area (Å²) in [6.07, 6.45) is 6.16. The van der Waals surface area contributed by atoms with Crippen LogP contribution >= 0.6 is 0 Å². The maximum absolute atomic E-state index is 6.24. The number of para-hydroxylation sites is 1. The van der Waals surface area contributed by atoms with E-state index in [1.54, 1.807) is 6.26 Å². The van der Waals surface area contributed by atoms with E-state index in [0.717, 1.165) is 40.5 Å². The van der Waals surface area contributed by atoms with Crippen molar-refractivity contribution in [2.75, 3.05) is 11.9 Å². The molecule has 1 unspecified atom stereocenters. The van der Waals surface area contributed by atoms with Gasteiger partial charge in [-0.25, -0.2) is 0 Å². The quantitative estimate of drug-likeness (QED) is 0.654. The van der Waals surface area contributed by atoms with Gasteiger partial charge in [0, 0.05) is 22.9 Å². The van der Waals surface area contributed by atoms with Crippen molar-refractivity contribution in [2.45, 2.75) is 19.6 Å². The summed E-state index contributed by atoms with van der Waals surface area (Å²) >= 11 is 0. The minimum atomic E-state index is -0.316. The minimum Gasteiger partial charge on any atom is -0.493 e. The third kappa shape index (κ3) is 3.45. The van der Waals surface area contributed by atoms with Gasteiger partial charge in [0.15, 0.2) is 6.23 Å². The fourth-order valence-corrected chi connectivity index (χ4v) is 2.95. The second-order valence-corrected chi connectivity index (χ2v) is 6.11. The molecule has 0 aliphatic carbocycles. The van der Waals surface area contributed by atoms with Crippen LogP contribution in [0.3, 0.4) is 0 Å². The number of benzene rings is 2. The van der Waals surface area contributed by atoms with Gasteiger partial charge >= 0.3 is 0 Å². The highest BCUT2D eigenvalue weighted by atomic mass is 16.5. The molecule has 0 amide bonds. The predicted octanol–water partition coefficient (Wildman–Crippen LogP) is 5.58. The monoisotopic (exact) mass is 347 g/mol. The van der Waals surface area contributed by atoms with Crippen LogP contribution in [0.1, 0.15) is 19.1 Å². The van der Waals surface area contributed by atoms with Gasteiger partial charge in [-0.2, -0.15) is 0 Å². The van der Waals surface area contributed by atoms with Crippen LogP contribution in [-0.2, 0) is 0 Å². The van der Waals surface area contributed by atoms with E-state index in [-0.39, 0.29) is 6.23 Å². The molecule has 26 heavy (non-hydrogen) atoms. The molecule has 2 aromatic carbocycles. The highest BCUT2D eigenvalue weighted by molar-refractivity contribution is 5.83. The third-order valence-electron chi connectivity index (χ3n) is 4.17. The van der Waals surface area contributed by atoms with Crippen LogP contribution in [0.25, 0.3) is 17.2 Å². The van der Waals surface area contributed by atoms with Gasteiger partial charge in [-0.3, -0.25) is 0 Å². The zero-order valence-corrected chi connectivity index (χ0v) is 14.6. The summed E-state index contributed by atoms with van der Waals surface area (Å²) in [4.78, 5) is 0. The second-order valence-electron chi connectivity index (χ2n) is 6.11. The zero-order valence-electron chi connectivity index (χ0n) is 14.6.